The van der Waals surface area contributed by atoms with Crippen molar-refractivity contribution in [3.05, 3.63) is 42.9 Å². The molecule has 0 unspecified atom stereocenters. The monoisotopic (exact) mass is 220 g/mol. The molecular weight excluding hydrogens is 212 g/mol. The molecule has 0 saturated heterocycles. The largest absolute Gasteiger partial charge is 0.353 e. The zero-order valence-corrected chi connectivity index (χ0v) is 8.88. The first-order chi connectivity index (χ1) is 8.42. The minimum Gasteiger partial charge on any atom is -0.353 e. The van der Waals surface area contributed by atoms with Crippen LogP contribution in [0.25, 0.3) is 33.0 Å². The molecule has 0 spiro atoms. The Hall–Kier alpha value is -2.49. The highest BCUT2D eigenvalue weighted by Gasteiger charge is 2.06. The molecule has 3 heterocycles. The van der Waals surface area contributed by atoms with E-state index in [9.17, 15) is 0 Å². The summed E-state index contributed by atoms with van der Waals surface area (Å²) in [4.78, 5) is 16.1. The first-order valence-electron chi connectivity index (χ1n) is 5.39. The van der Waals surface area contributed by atoms with Crippen LogP contribution >= 0.6 is 0 Å². The Labute approximate surface area is 96.3 Å². The molecule has 0 atom stereocenters. The predicted molar refractivity (Wildman–Crippen MR) is 66.7 cm³/mol. The smallest absolute Gasteiger partial charge is 0.163 e. The molecule has 0 radical (unpaired) electrons. The highest BCUT2D eigenvalue weighted by molar-refractivity contribution is 6.07. The third kappa shape index (κ3) is 1.15. The molecular formula is C13H8N4. The van der Waals surface area contributed by atoms with Gasteiger partial charge in [0.15, 0.2) is 5.65 Å². The van der Waals surface area contributed by atoms with E-state index in [1.54, 1.807) is 6.20 Å². The highest BCUT2D eigenvalue weighted by atomic mass is 14.9. The lowest BCUT2D eigenvalue weighted by molar-refractivity contribution is 1.19. The van der Waals surface area contributed by atoms with Crippen molar-refractivity contribution < 1.29 is 0 Å². The van der Waals surface area contributed by atoms with Crippen LogP contribution in [0.4, 0.5) is 0 Å². The molecule has 4 aromatic rings. The van der Waals surface area contributed by atoms with Crippen molar-refractivity contribution in [2.24, 2.45) is 0 Å². The van der Waals surface area contributed by atoms with E-state index in [2.05, 4.69) is 26.0 Å². The Bertz CT molecular complexity index is 842. The van der Waals surface area contributed by atoms with Gasteiger partial charge in [-0.2, -0.15) is 0 Å². The molecule has 0 amide bonds. The van der Waals surface area contributed by atoms with Gasteiger partial charge in [-0.25, -0.2) is 15.0 Å². The zero-order valence-electron chi connectivity index (χ0n) is 8.88. The number of benzene rings is 1. The molecule has 0 fully saturated rings. The summed E-state index contributed by atoms with van der Waals surface area (Å²) in [6, 6.07) is 10.2. The Morgan fingerprint density at radius 2 is 2.00 bits per heavy atom. The number of hydrogen-bond donors (Lipinski definition) is 1. The third-order valence-electron chi connectivity index (χ3n) is 2.94. The summed E-state index contributed by atoms with van der Waals surface area (Å²) in [6.45, 7) is 0. The maximum atomic E-state index is 4.58. The van der Waals surface area contributed by atoms with Crippen LogP contribution in [0.15, 0.2) is 42.9 Å². The van der Waals surface area contributed by atoms with E-state index in [0.29, 0.717) is 0 Å². The summed E-state index contributed by atoms with van der Waals surface area (Å²) >= 11 is 0. The number of nitrogens with zero attached hydrogens (tertiary/aromatic N) is 3. The SMILES string of the molecule is c1ccc2c(c1)[nH]c1cc3cncnc3nc12. The van der Waals surface area contributed by atoms with Crippen molar-refractivity contribution in [2.45, 2.75) is 0 Å². The van der Waals surface area contributed by atoms with Crippen LogP contribution in [0, 0.1) is 0 Å². The fourth-order valence-electron chi connectivity index (χ4n) is 2.16. The van der Waals surface area contributed by atoms with Crippen LogP contribution in [0.2, 0.25) is 0 Å². The second-order valence-electron chi connectivity index (χ2n) is 3.99. The standard InChI is InChI=1S/C13H8N4/c1-2-4-10-9(3-1)12-11(16-10)5-8-6-14-7-15-13(8)17-12/h1-7,16H. The summed E-state index contributed by atoms with van der Waals surface area (Å²) in [5.74, 6) is 0. The fraction of sp³-hybridized carbons (Fsp3) is 0. The average molecular weight is 220 g/mol. The molecule has 0 aliphatic heterocycles. The molecule has 4 nitrogen and oxygen atoms in total. The normalized spacial score (nSPS) is 11.5. The highest BCUT2D eigenvalue weighted by Crippen LogP contribution is 2.25. The molecule has 0 saturated carbocycles. The van der Waals surface area contributed by atoms with E-state index >= 15 is 0 Å². The van der Waals surface area contributed by atoms with E-state index in [-0.39, 0.29) is 0 Å². The number of fused-ring (bicyclic) bond motifs is 4. The van der Waals surface area contributed by atoms with Crippen molar-refractivity contribution >= 4 is 33.0 Å². The van der Waals surface area contributed by atoms with Gasteiger partial charge in [-0.3, -0.25) is 0 Å². The molecule has 0 aliphatic rings. The van der Waals surface area contributed by atoms with Crippen molar-refractivity contribution in [1.29, 1.82) is 0 Å². The molecule has 4 rings (SSSR count). The van der Waals surface area contributed by atoms with Gasteiger partial charge in [-0.1, -0.05) is 18.2 Å². The molecule has 80 valence electrons. The Morgan fingerprint density at radius 1 is 1.06 bits per heavy atom. The van der Waals surface area contributed by atoms with Crippen LogP contribution in [-0.4, -0.2) is 19.9 Å². The van der Waals surface area contributed by atoms with E-state index in [0.717, 1.165) is 33.0 Å². The van der Waals surface area contributed by atoms with Crippen LogP contribution in [0.3, 0.4) is 0 Å². The lowest BCUT2D eigenvalue weighted by Crippen LogP contribution is -1.85. The molecule has 4 heteroatoms. The van der Waals surface area contributed by atoms with Gasteiger partial charge in [0.1, 0.15) is 6.33 Å². The van der Waals surface area contributed by atoms with Crippen molar-refractivity contribution in [1.82, 2.24) is 19.9 Å². The second-order valence-corrected chi connectivity index (χ2v) is 3.99. The fourth-order valence-corrected chi connectivity index (χ4v) is 2.16. The van der Waals surface area contributed by atoms with Gasteiger partial charge in [0.25, 0.3) is 0 Å². The Kier molecular flexibility index (Phi) is 1.53. The minimum absolute atomic E-state index is 0.734. The molecule has 1 aromatic carbocycles. The van der Waals surface area contributed by atoms with Crippen LogP contribution in [0.5, 0.6) is 0 Å². The van der Waals surface area contributed by atoms with Crippen molar-refractivity contribution in [3.8, 4) is 0 Å². The van der Waals surface area contributed by atoms with Crippen LogP contribution < -0.4 is 0 Å². The number of nitrogens with one attached hydrogen (secondary N) is 1. The third-order valence-corrected chi connectivity index (χ3v) is 2.94. The molecule has 1 N–H and O–H groups in total. The van der Waals surface area contributed by atoms with E-state index in [4.69, 9.17) is 0 Å². The van der Waals surface area contributed by atoms with E-state index < -0.39 is 0 Å². The number of aromatic amines is 1. The minimum atomic E-state index is 0.734. The maximum Gasteiger partial charge on any atom is 0.163 e. The Morgan fingerprint density at radius 3 is 3.00 bits per heavy atom. The van der Waals surface area contributed by atoms with Gasteiger partial charge in [-0.15, -0.1) is 0 Å². The summed E-state index contributed by atoms with van der Waals surface area (Å²) < 4.78 is 0. The average Bonchev–Trinajstić information content (AvgIpc) is 2.73. The first kappa shape index (κ1) is 8.64. The summed E-state index contributed by atoms with van der Waals surface area (Å²) in [5, 5.41) is 2.08. The lowest BCUT2D eigenvalue weighted by Gasteiger charge is -1.95. The lowest BCUT2D eigenvalue weighted by atomic mass is 10.2. The summed E-state index contributed by atoms with van der Waals surface area (Å²) in [7, 11) is 0. The number of pyridine rings is 1. The molecule has 3 aromatic heterocycles. The van der Waals surface area contributed by atoms with E-state index in [1.807, 2.05) is 24.3 Å². The first-order valence-corrected chi connectivity index (χ1v) is 5.39. The van der Waals surface area contributed by atoms with Gasteiger partial charge in [0.2, 0.25) is 0 Å². The van der Waals surface area contributed by atoms with Crippen LogP contribution in [-0.2, 0) is 0 Å². The van der Waals surface area contributed by atoms with Gasteiger partial charge in [0, 0.05) is 22.5 Å². The van der Waals surface area contributed by atoms with Crippen molar-refractivity contribution in [3.63, 3.8) is 0 Å². The van der Waals surface area contributed by atoms with Crippen LogP contribution in [0.1, 0.15) is 0 Å². The number of hydrogen-bond acceptors (Lipinski definition) is 3. The zero-order chi connectivity index (χ0) is 11.2. The van der Waals surface area contributed by atoms with Gasteiger partial charge in [-0.05, 0) is 12.1 Å². The van der Waals surface area contributed by atoms with Gasteiger partial charge in [0.05, 0.1) is 11.0 Å². The van der Waals surface area contributed by atoms with Crippen molar-refractivity contribution in [2.75, 3.05) is 0 Å². The topological polar surface area (TPSA) is 54.5 Å². The quantitative estimate of drug-likeness (QED) is 0.495. The summed E-state index contributed by atoms with van der Waals surface area (Å²) in [5.41, 5.74) is 3.82. The number of rotatable bonds is 0. The predicted octanol–water partition coefficient (Wildman–Crippen LogP) is 2.66. The maximum absolute atomic E-state index is 4.58. The molecule has 0 aliphatic carbocycles. The van der Waals surface area contributed by atoms with Gasteiger partial charge < -0.3 is 4.98 Å². The summed E-state index contributed by atoms with van der Waals surface area (Å²) in [6.07, 6.45) is 3.30. The van der Waals surface area contributed by atoms with E-state index in [1.165, 1.54) is 6.33 Å². The molecule has 0 bridgehead atoms. The number of aromatic nitrogens is 4. The molecule has 17 heavy (non-hydrogen) atoms. The Balaban J connectivity index is 2.28. The number of H-pyrrole nitrogens is 1. The second kappa shape index (κ2) is 3.01. The number of para-hydroxylation sites is 1. The van der Waals surface area contributed by atoms with Gasteiger partial charge >= 0.3 is 0 Å².